The van der Waals surface area contributed by atoms with Gasteiger partial charge in [0.25, 0.3) is 0 Å². The smallest absolute Gasteiger partial charge is 0.503 e. The topological polar surface area (TPSA) is 105 Å². The Kier molecular flexibility index (Phi) is 27.6. The van der Waals surface area contributed by atoms with Crippen LogP contribution < -0.4 is 0 Å². The first-order valence-electron chi connectivity index (χ1n) is 1.86. The van der Waals surface area contributed by atoms with Crippen molar-refractivity contribution in [2.45, 2.75) is 0 Å². The summed E-state index contributed by atoms with van der Waals surface area (Å²) < 4.78 is 0. The van der Waals surface area contributed by atoms with Crippen molar-refractivity contribution in [3.8, 4) is 0 Å². The van der Waals surface area contributed by atoms with Crippen LogP contribution in [0.3, 0.4) is 0 Å². The quantitative estimate of drug-likeness (QED) is 0.633. The molecule has 0 aliphatic heterocycles. The Bertz CT molecular complexity index is 55.0. The molecule has 0 bridgehead atoms. The molecule has 0 aromatic heterocycles. The molecular weight excluding hydrogens is 171 g/mol. The van der Waals surface area contributed by atoms with Crippen LogP contribution in [-0.4, -0.2) is 29.5 Å². The van der Waals surface area contributed by atoms with Crippen molar-refractivity contribution in [1.29, 1.82) is 0 Å². The summed E-state index contributed by atoms with van der Waals surface area (Å²) in [6, 6.07) is 0. The van der Waals surface area contributed by atoms with E-state index in [0.29, 0.717) is 0 Å². The zero-order valence-electron chi connectivity index (χ0n) is 4.55. The van der Waals surface area contributed by atoms with Gasteiger partial charge in [-0.2, -0.15) is 13.1 Å². The second-order valence-corrected chi connectivity index (χ2v) is 0.783. The third-order valence-electron chi connectivity index (χ3n) is 0.125. The monoisotopic (exact) mass is 179 g/mol. The molecule has 0 aliphatic carbocycles. The Morgan fingerprint density at radius 3 is 1.33 bits per heavy atom. The number of rotatable bonds is 1. The minimum absolute atomic E-state index is 0. The predicted molar refractivity (Wildman–Crippen MR) is 29.0 cm³/mol. The van der Waals surface area contributed by atoms with Gasteiger partial charge in [-0.1, -0.05) is 0 Å². The first kappa shape index (κ1) is 15.9. The zero-order chi connectivity index (χ0) is 6.99. The number of nitrogens with one attached hydrogen (secondary N) is 2. The fraction of sp³-hybridized carbons (Fsp3) is 0.667. The summed E-state index contributed by atoms with van der Waals surface area (Å²) in [6.07, 6.45) is -1.83. The molecule has 1 radical (unpaired) electrons. The van der Waals surface area contributed by atoms with Crippen LogP contribution in [0.5, 0.6) is 0 Å². The fourth-order valence-corrected chi connectivity index (χ4v) is 0. The van der Waals surface area contributed by atoms with Crippen LogP contribution in [0, 0.1) is 0 Å². The van der Waals surface area contributed by atoms with Crippen LogP contribution in [-0.2, 0) is 16.8 Å². The molecule has 5 nitrogen and oxygen atoms in total. The van der Waals surface area contributed by atoms with Gasteiger partial charge in [-0.15, -0.1) is 0 Å². The van der Waals surface area contributed by atoms with E-state index in [4.69, 9.17) is 26.5 Å². The Balaban J connectivity index is -0.0000000720. The van der Waals surface area contributed by atoms with Crippen molar-refractivity contribution in [2.24, 2.45) is 0 Å². The average Bonchev–Trinajstić information content (AvgIpc) is 1.65. The largest absolute Gasteiger partial charge is 0.679 e. The molecule has 9 heavy (non-hydrogen) atoms. The van der Waals surface area contributed by atoms with Crippen LogP contribution in [0.15, 0.2) is 0 Å². The molecule has 6 heteroatoms. The van der Waals surface area contributed by atoms with Gasteiger partial charge >= 0.3 is 6.16 Å². The number of hydrogen-bond acceptors (Lipinski definition) is 1. The van der Waals surface area contributed by atoms with E-state index in [9.17, 15) is 0 Å². The van der Waals surface area contributed by atoms with Crippen LogP contribution in [0.1, 0.15) is 0 Å². The van der Waals surface area contributed by atoms with Crippen LogP contribution >= 0.6 is 0 Å². The number of hydrogen-bond donors (Lipinski definition) is 2. The maximum atomic E-state index is 8.56. The van der Waals surface area contributed by atoms with Crippen molar-refractivity contribution in [2.75, 3.05) is 13.1 Å². The first-order chi connectivity index (χ1) is 3.65. The van der Waals surface area contributed by atoms with Crippen molar-refractivity contribution in [3.63, 3.8) is 0 Å². The SMILES string of the molecule is O=C(O)O.[Co].[NH-]CC[NH-]. The second-order valence-electron chi connectivity index (χ2n) is 0.783. The Hall–Kier alpha value is -0.304. The third kappa shape index (κ3) is 515. The Morgan fingerprint density at radius 2 is 1.33 bits per heavy atom. The van der Waals surface area contributed by atoms with E-state index < -0.39 is 6.16 Å². The van der Waals surface area contributed by atoms with E-state index in [-0.39, 0.29) is 29.9 Å². The molecule has 0 fully saturated rings. The van der Waals surface area contributed by atoms with E-state index in [1.54, 1.807) is 0 Å². The van der Waals surface area contributed by atoms with Gasteiger partial charge in [0.05, 0.1) is 0 Å². The van der Waals surface area contributed by atoms with E-state index in [0.717, 1.165) is 0 Å². The van der Waals surface area contributed by atoms with Crippen molar-refractivity contribution in [3.05, 3.63) is 11.5 Å². The summed E-state index contributed by atoms with van der Waals surface area (Å²) in [6.45, 7) is 0.472. The fourth-order valence-electron chi connectivity index (χ4n) is 0. The maximum Gasteiger partial charge on any atom is 0.503 e. The molecule has 0 saturated heterocycles. The normalized spacial score (nSPS) is 6.00. The molecule has 0 aromatic carbocycles. The van der Waals surface area contributed by atoms with Crippen molar-refractivity contribution >= 4 is 6.16 Å². The van der Waals surface area contributed by atoms with Crippen LogP contribution in [0.25, 0.3) is 11.5 Å². The van der Waals surface area contributed by atoms with Crippen molar-refractivity contribution < 1.29 is 31.8 Å². The van der Waals surface area contributed by atoms with Gasteiger partial charge < -0.3 is 21.7 Å². The molecule has 0 aromatic rings. The summed E-state index contributed by atoms with van der Waals surface area (Å²) in [5, 5.41) is 13.9. The van der Waals surface area contributed by atoms with E-state index >= 15 is 0 Å². The predicted octanol–water partition coefficient (Wildman–Crippen LogP) is 1.31. The maximum absolute atomic E-state index is 8.56. The molecule has 0 saturated carbocycles. The molecule has 0 spiro atoms. The van der Waals surface area contributed by atoms with Crippen molar-refractivity contribution in [1.82, 2.24) is 0 Å². The summed E-state index contributed by atoms with van der Waals surface area (Å²) in [5.41, 5.74) is 12.5. The molecule has 0 amide bonds. The Morgan fingerprint density at radius 1 is 1.22 bits per heavy atom. The molecule has 0 heterocycles. The van der Waals surface area contributed by atoms with E-state index in [1.807, 2.05) is 0 Å². The average molecular weight is 179 g/mol. The zero-order valence-corrected chi connectivity index (χ0v) is 5.59. The van der Waals surface area contributed by atoms with E-state index in [1.165, 1.54) is 0 Å². The van der Waals surface area contributed by atoms with Gasteiger partial charge in [0.15, 0.2) is 0 Å². The van der Waals surface area contributed by atoms with Gasteiger partial charge in [0.2, 0.25) is 0 Å². The summed E-state index contributed by atoms with van der Waals surface area (Å²) in [7, 11) is 0. The van der Waals surface area contributed by atoms with Gasteiger partial charge in [-0.3, -0.25) is 0 Å². The van der Waals surface area contributed by atoms with Crippen LogP contribution in [0.2, 0.25) is 0 Å². The van der Waals surface area contributed by atoms with Gasteiger partial charge in [0, 0.05) is 16.8 Å². The molecule has 0 atom stereocenters. The Labute approximate surface area is 63.2 Å². The molecule has 0 rings (SSSR count). The first-order valence-corrected chi connectivity index (χ1v) is 1.86. The molecule has 4 N–H and O–H groups in total. The minimum Gasteiger partial charge on any atom is -0.679 e. The summed E-state index contributed by atoms with van der Waals surface area (Å²) in [5.74, 6) is 0. The van der Waals surface area contributed by atoms with Gasteiger partial charge in [0.1, 0.15) is 0 Å². The molecule has 0 aliphatic rings. The van der Waals surface area contributed by atoms with Gasteiger partial charge in [-0.25, -0.2) is 4.79 Å². The molecule has 0 unspecified atom stereocenters. The summed E-state index contributed by atoms with van der Waals surface area (Å²) >= 11 is 0. The number of carbonyl (C=O) groups is 1. The molecular formula is C3H8CoN2O3-2. The molecule has 59 valence electrons. The second kappa shape index (κ2) is 15.6. The van der Waals surface area contributed by atoms with E-state index in [2.05, 4.69) is 0 Å². The van der Waals surface area contributed by atoms with Gasteiger partial charge in [-0.05, 0) is 0 Å². The standard InChI is InChI=1S/C2H6N2.CH2O3.Co/c3-1-2-4;2-1(3)4;/h3-4H,1-2H2;(H2,2,3,4);/q-2;;. The summed E-state index contributed by atoms with van der Waals surface area (Å²) in [4.78, 5) is 8.56. The number of carboxylic acid groups (broad SMARTS) is 2. The third-order valence-corrected chi connectivity index (χ3v) is 0.125. The minimum atomic E-state index is -1.83. The van der Waals surface area contributed by atoms with Crippen LogP contribution in [0.4, 0.5) is 4.79 Å².